The Labute approximate surface area is 130 Å². The summed E-state index contributed by atoms with van der Waals surface area (Å²) in [5, 5.41) is 0. The van der Waals surface area contributed by atoms with Gasteiger partial charge in [0.05, 0.1) is 19.2 Å². The Bertz CT molecular complexity index is 652. The van der Waals surface area contributed by atoms with E-state index in [0.717, 1.165) is 5.56 Å². The van der Waals surface area contributed by atoms with E-state index in [1.54, 1.807) is 6.92 Å². The van der Waals surface area contributed by atoms with Crippen molar-refractivity contribution in [3.05, 3.63) is 41.3 Å². The van der Waals surface area contributed by atoms with E-state index in [1.807, 2.05) is 12.1 Å². The van der Waals surface area contributed by atoms with E-state index in [9.17, 15) is 4.79 Å². The molecule has 1 aromatic carbocycles. The van der Waals surface area contributed by atoms with Gasteiger partial charge in [-0.3, -0.25) is 9.63 Å². The standard InChI is InChI=1S/C17H22N2O3/c1-11-14(10-15(20)19-21-5)18-16(22-11)12-6-8-13(9-7-12)17(2,3)4/h6-9H,10H2,1-5H3,(H,19,20). The van der Waals surface area contributed by atoms with Crippen molar-refractivity contribution in [3.63, 3.8) is 0 Å². The summed E-state index contributed by atoms with van der Waals surface area (Å²) in [5.74, 6) is 0.910. The quantitative estimate of drug-likeness (QED) is 0.881. The van der Waals surface area contributed by atoms with Crippen LogP contribution >= 0.6 is 0 Å². The molecular formula is C17H22N2O3. The van der Waals surface area contributed by atoms with Crippen molar-refractivity contribution in [3.8, 4) is 11.5 Å². The van der Waals surface area contributed by atoms with E-state index in [0.29, 0.717) is 17.3 Å². The summed E-state index contributed by atoms with van der Waals surface area (Å²) in [6.45, 7) is 8.31. The van der Waals surface area contributed by atoms with Crippen molar-refractivity contribution in [2.75, 3.05) is 7.11 Å². The van der Waals surface area contributed by atoms with E-state index in [2.05, 4.69) is 48.2 Å². The average molecular weight is 302 g/mol. The van der Waals surface area contributed by atoms with Gasteiger partial charge in [-0.2, -0.15) is 0 Å². The lowest BCUT2D eigenvalue weighted by molar-refractivity contribution is -0.130. The first kappa shape index (κ1) is 16.2. The number of benzene rings is 1. The second-order valence-electron chi connectivity index (χ2n) is 6.26. The molecule has 0 saturated heterocycles. The molecule has 0 spiro atoms. The second-order valence-corrected chi connectivity index (χ2v) is 6.26. The SMILES string of the molecule is CONC(=O)Cc1nc(-c2ccc(C(C)(C)C)cc2)oc1C. The molecule has 22 heavy (non-hydrogen) atoms. The molecule has 0 unspecified atom stereocenters. The highest BCUT2D eigenvalue weighted by Gasteiger charge is 2.16. The fraction of sp³-hybridized carbons (Fsp3) is 0.412. The summed E-state index contributed by atoms with van der Waals surface area (Å²) in [6, 6.07) is 8.13. The van der Waals surface area contributed by atoms with Crippen LogP contribution in [-0.4, -0.2) is 18.0 Å². The Morgan fingerprint density at radius 1 is 1.27 bits per heavy atom. The Balaban J connectivity index is 2.21. The highest BCUT2D eigenvalue weighted by molar-refractivity contribution is 5.77. The number of amides is 1. The zero-order valence-electron chi connectivity index (χ0n) is 13.7. The molecule has 0 aliphatic carbocycles. The topological polar surface area (TPSA) is 64.4 Å². The molecule has 0 radical (unpaired) electrons. The number of nitrogens with one attached hydrogen (secondary N) is 1. The number of aromatic nitrogens is 1. The van der Waals surface area contributed by atoms with Gasteiger partial charge in [-0.25, -0.2) is 10.5 Å². The monoisotopic (exact) mass is 302 g/mol. The Morgan fingerprint density at radius 2 is 1.91 bits per heavy atom. The van der Waals surface area contributed by atoms with Crippen LogP contribution in [0.2, 0.25) is 0 Å². The third-order valence-electron chi connectivity index (χ3n) is 3.43. The molecule has 1 N–H and O–H groups in total. The molecule has 1 heterocycles. The molecule has 0 aliphatic heterocycles. The van der Waals surface area contributed by atoms with E-state index in [-0.39, 0.29) is 17.7 Å². The van der Waals surface area contributed by atoms with Gasteiger partial charge in [0.15, 0.2) is 0 Å². The molecular weight excluding hydrogens is 280 g/mol. The molecule has 0 aliphatic rings. The number of nitrogens with zero attached hydrogens (tertiary/aromatic N) is 1. The second kappa shape index (κ2) is 6.32. The van der Waals surface area contributed by atoms with E-state index in [1.165, 1.54) is 12.7 Å². The molecule has 0 bridgehead atoms. The average Bonchev–Trinajstić information content (AvgIpc) is 2.79. The van der Waals surface area contributed by atoms with Crippen LogP contribution in [0.25, 0.3) is 11.5 Å². The van der Waals surface area contributed by atoms with E-state index < -0.39 is 0 Å². The van der Waals surface area contributed by atoms with Gasteiger partial charge in [0, 0.05) is 5.56 Å². The van der Waals surface area contributed by atoms with E-state index >= 15 is 0 Å². The lowest BCUT2D eigenvalue weighted by Crippen LogP contribution is -2.24. The summed E-state index contributed by atoms with van der Waals surface area (Å²) in [4.78, 5) is 20.6. The molecule has 5 heteroatoms. The van der Waals surface area contributed by atoms with Crippen molar-refractivity contribution in [2.45, 2.75) is 39.5 Å². The lowest BCUT2D eigenvalue weighted by Gasteiger charge is -2.18. The summed E-state index contributed by atoms with van der Waals surface area (Å²) in [5.41, 5.74) is 5.14. The zero-order valence-corrected chi connectivity index (χ0v) is 13.7. The summed E-state index contributed by atoms with van der Waals surface area (Å²) in [7, 11) is 1.40. The van der Waals surface area contributed by atoms with Crippen LogP contribution in [0.3, 0.4) is 0 Å². The number of oxazole rings is 1. The van der Waals surface area contributed by atoms with Crippen molar-refractivity contribution >= 4 is 5.91 Å². The first-order valence-electron chi connectivity index (χ1n) is 7.20. The molecule has 0 fully saturated rings. The van der Waals surface area contributed by atoms with Gasteiger partial charge in [-0.15, -0.1) is 0 Å². The number of rotatable bonds is 4. The van der Waals surface area contributed by atoms with E-state index in [4.69, 9.17) is 4.42 Å². The van der Waals surface area contributed by atoms with Crippen LogP contribution in [0.15, 0.2) is 28.7 Å². The largest absolute Gasteiger partial charge is 0.441 e. The highest BCUT2D eigenvalue weighted by Crippen LogP contribution is 2.27. The molecule has 0 atom stereocenters. The minimum atomic E-state index is -0.256. The molecule has 1 amide bonds. The number of hydrogen-bond donors (Lipinski definition) is 1. The van der Waals surface area contributed by atoms with Crippen LogP contribution in [0.1, 0.15) is 37.8 Å². The normalized spacial score (nSPS) is 11.5. The summed E-state index contributed by atoms with van der Waals surface area (Å²) < 4.78 is 5.67. The molecule has 0 saturated carbocycles. The van der Waals surface area contributed by atoms with Crippen LogP contribution < -0.4 is 5.48 Å². The maximum absolute atomic E-state index is 11.5. The molecule has 5 nitrogen and oxygen atoms in total. The van der Waals surface area contributed by atoms with Gasteiger partial charge in [-0.05, 0) is 30.0 Å². The number of carbonyl (C=O) groups excluding carboxylic acids is 1. The minimum absolute atomic E-state index is 0.106. The third kappa shape index (κ3) is 3.74. The fourth-order valence-corrected chi connectivity index (χ4v) is 2.13. The first-order chi connectivity index (χ1) is 10.3. The van der Waals surface area contributed by atoms with Gasteiger partial charge in [0.25, 0.3) is 0 Å². The van der Waals surface area contributed by atoms with Crippen LogP contribution in [-0.2, 0) is 21.5 Å². The highest BCUT2D eigenvalue weighted by atomic mass is 16.6. The summed E-state index contributed by atoms with van der Waals surface area (Å²) >= 11 is 0. The van der Waals surface area contributed by atoms with Crippen molar-refractivity contribution in [1.82, 2.24) is 10.5 Å². The van der Waals surface area contributed by atoms with Gasteiger partial charge in [0.2, 0.25) is 11.8 Å². The minimum Gasteiger partial charge on any atom is -0.441 e. The first-order valence-corrected chi connectivity index (χ1v) is 7.20. The van der Waals surface area contributed by atoms with Crippen molar-refractivity contribution in [1.29, 1.82) is 0 Å². The number of carbonyl (C=O) groups is 1. The number of hydrogen-bond acceptors (Lipinski definition) is 4. The zero-order chi connectivity index (χ0) is 16.3. The molecule has 2 aromatic rings. The van der Waals surface area contributed by atoms with Crippen molar-refractivity contribution < 1.29 is 14.0 Å². The predicted octanol–water partition coefficient (Wildman–Crippen LogP) is 3.17. The molecule has 2 rings (SSSR count). The lowest BCUT2D eigenvalue weighted by atomic mass is 9.87. The molecule has 1 aromatic heterocycles. The van der Waals surface area contributed by atoms with Crippen molar-refractivity contribution in [2.24, 2.45) is 0 Å². The number of aryl methyl sites for hydroxylation is 1. The smallest absolute Gasteiger partial charge is 0.249 e. The Hall–Kier alpha value is -2.14. The summed E-state index contributed by atoms with van der Waals surface area (Å²) in [6.07, 6.45) is 0.128. The molecule has 118 valence electrons. The maximum Gasteiger partial charge on any atom is 0.249 e. The third-order valence-corrected chi connectivity index (χ3v) is 3.43. The van der Waals surface area contributed by atoms with Gasteiger partial charge >= 0.3 is 0 Å². The van der Waals surface area contributed by atoms with Crippen LogP contribution in [0, 0.1) is 6.92 Å². The van der Waals surface area contributed by atoms with Crippen LogP contribution in [0.5, 0.6) is 0 Å². The van der Waals surface area contributed by atoms with Gasteiger partial charge in [0.1, 0.15) is 5.76 Å². The maximum atomic E-state index is 11.5. The predicted molar refractivity (Wildman–Crippen MR) is 84.2 cm³/mol. The van der Waals surface area contributed by atoms with Crippen LogP contribution in [0.4, 0.5) is 0 Å². The Morgan fingerprint density at radius 3 is 2.45 bits per heavy atom. The number of hydroxylamine groups is 1. The Kier molecular flexibility index (Phi) is 4.66. The van der Waals surface area contributed by atoms with Gasteiger partial charge in [-0.1, -0.05) is 32.9 Å². The fourth-order valence-electron chi connectivity index (χ4n) is 2.13. The van der Waals surface area contributed by atoms with Gasteiger partial charge < -0.3 is 4.42 Å².